The molecule has 2 heterocycles. The molecule has 19 heavy (non-hydrogen) atoms. The first-order valence-corrected chi connectivity index (χ1v) is 5.91. The molecular weight excluding hydrogens is 268 g/mol. The van der Waals surface area contributed by atoms with Gasteiger partial charge in [-0.2, -0.15) is 0 Å². The third-order valence-electron chi connectivity index (χ3n) is 2.97. The standard InChI is InChI=1S/C13H9ClN2O3/c1-19-13(18)7-2-3-9-8(6-7)15-12(17)10-4-5-11(14)16(9)10/h2-6H,1H3,(H,15,17). The number of ether oxygens (including phenoxy) is 1. The number of rotatable bonds is 1. The summed E-state index contributed by atoms with van der Waals surface area (Å²) < 4.78 is 6.28. The predicted octanol–water partition coefficient (Wildman–Crippen LogP) is 2.22. The zero-order valence-electron chi connectivity index (χ0n) is 9.94. The molecule has 0 aliphatic heterocycles. The van der Waals surface area contributed by atoms with Crippen molar-refractivity contribution < 1.29 is 9.53 Å². The number of nitrogens with zero attached hydrogens (tertiary/aromatic N) is 1. The number of halogens is 1. The number of benzene rings is 1. The van der Waals surface area contributed by atoms with Gasteiger partial charge in [0.25, 0.3) is 5.56 Å². The summed E-state index contributed by atoms with van der Waals surface area (Å²) in [6, 6.07) is 8.21. The summed E-state index contributed by atoms with van der Waals surface area (Å²) >= 11 is 6.07. The SMILES string of the molecule is COC(=O)c1ccc2c(c1)[nH]c(=O)c1ccc(Cl)n12. The van der Waals surface area contributed by atoms with Crippen LogP contribution in [0, 0.1) is 0 Å². The van der Waals surface area contributed by atoms with Gasteiger partial charge in [0.2, 0.25) is 0 Å². The third-order valence-corrected chi connectivity index (χ3v) is 3.27. The van der Waals surface area contributed by atoms with Gasteiger partial charge in [-0.3, -0.25) is 9.20 Å². The van der Waals surface area contributed by atoms with Crippen LogP contribution in [0.25, 0.3) is 16.6 Å². The van der Waals surface area contributed by atoms with Gasteiger partial charge in [-0.1, -0.05) is 11.6 Å². The molecule has 96 valence electrons. The van der Waals surface area contributed by atoms with Crippen LogP contribution in [0.2, 0.25) is 5.15 Å². The average Bonchev–Trinajstić information content (AvgIpc) is 2.80. The second-order valence-corrected chi connectivity index (χ2v) is 4.44. The lowest BCUT2D eigenvalue weighted by atomic mass is 10.2. The van der Waals surface area contributed by atoms with Crippen molar-refractivity contribution >= 4 is 34.1 Å². The first-order valence-electron chi connectivity index (χ1n) is 5.53. The van der Waals surface area contributed by atoms with E-state index in [2.05, 4.69) is 9.72 Å². The maximum atomic E-state index is 11.9. The Morgan fingerprint density at radius 1 is 1.26 bits per heavy atom. The van der Waals surface area contributed by atoms with Gasteiger partial charge in [0.05, 0.1) is 23.7 Å². The number of carbonyl (C=O) groups excluding carboxylic acids is 1. The Balaban J connectivity index is 2.42. The summed E-state index contributed by atoms with van der Waals surface area (Å²) in [5.74, 6) is -0.457. The van der Waals surface area contributed by atoms with E-state index >= 15 is 0 Å². The van der Waals surface area contributed by atoms with E-state index in [4.69, 9.17) is 11.6 Å². The molecule has 0 saturated carbocycles. The molecule has 0 unspecified atom stereocenters. The molecule has 5 nitrogen and oxygen atoms in total. The molecule has 0 fully saturated rings. The van der Waals surface area contributed by atoms with E-state index in [1.54, 1.807) is 34.7 Å². The monoisotopic (exact) mass is 276 g/mol. The normalized spacial score (nSPS) is 11.1. The smallest absolute Gasteiger partial charge is 0.337 e. The number of aromatic nitrogens is 2. The maximum Gasteiger partial charge on any atom is 0.337 e. The fourth-order valence-corrected chi connectivity index (χ4v) is 2.34. The van der Waals surface area contributed by atoms with Crippen molar-refractivity contribution in [3.8, 4) is 0 Å². The zero-order valence-corrected chi connectivity index (χ0v) is 10.7. The number of carbonyl (C=O) groups is 1. The minimum Gasteiger partial charge on any atom is -0.465 e. The van der Waals surface area contributed by atoms with E-state index in [0.29, 0.717) is 21.7 Å². The highest BCUT2D eigenvalue weighted by molar-refractivity contribution is 6.30. The number of hydrogen-bond acceptors (Lipinski definition) is 3. The van der Waals surface area contributed by atoms with Crippen LogP contribution in [0.4, 0.5) is 0 Å². The lowest BCUT2D eigenvalue weighted by Gasteiger charge is -2.05. The number of esters is 1. The summed E-state index contributed by atoms with van der Waals surface area (Å²) in [7, 11) is 1.31. The van der Waals surface area contributed by atoms with Crippen molar-refractivity contribution in [2.45, 2.75) is 0 Å². The van der Waals surface area contributed by atoms with Gasteiger partial charge in [-0.15, -0.1) is 0 Å². The van der Waals surface area contributed by atoms with Crippen LogP contribution in [-0.2, 0) is 4.74 Å². The van der Waals surface area contributed by atoms with E-state index in [9.17, 15) is 9.59 Å². The van der Waals surface area contributed by atoms with E-state index in [0.717, 1.165) is 5.52 Å². The first kappa shape index (κ1) is 11.8. The molecule has 2 aromatic heterocycles. The van der Waals surface area contributed by atoms with Crippen LogP contribution in [0.1, 0.15) is 10.4 Å². The van der Waals surface area contributed by atoms with Crippen molar-refractivity contribution in [2.75, 3.05) is 7.11 Å². The molecule has 0 radical (unpaired) electrons. The lowest BCUT2D eigenvalue weighted by Crippen LogP contribution is -2.11. The number of hydrogen-bond donors (Lipinski definition) is 1. The van der Waals surface area contributed by atoms with Crippen LogP contribution in [0.3, 0.4) is 0 Å². The van der Waals surface area contributed by atoms with Crippen molar-refractivity contribution in [2.24, 2.45) is 0 Å². The molecule has 0 saturated heterocycles. The molecule has 0 spiro atoms. The first-order chi connectivity index (χ1) is 9.11. The summed E-state index contributed by atoms with van der Waals surface area (Å²) in [6.07, 6.45) is 0. The molecule has 0 atom stereocenters. The van der Waals surface area contributed by atoms with E-state index in [-0.39, 0.29) is 5.56 Å². The molecule has 1 N–H and O–H groups in total. The summed E-state index contributed by atoms with van der Waals surface area (Å²) in [5.41, 5.74) is 1.81. The van der Waals surface area contributed by atoms with Crippen LogP contribution >= 0.6 is 11.6 Å². The van der Waals surface area contributed by atoms with Crippen LogP contribution < -0.4 is 5.56 Å². The molecule has 3 aromatic rings. The average molecular weight is 277 g/mol. The van der Waals surface area contributed by atoms with Crippen molar-refractivity contribution in [3.63, 3.8) is 0 Å². The van der Waals surface area contributed by atoms with Crippen LogP contribution in [0.5, 0.6) is 0 Å². The predicted molar refractivity (Wildman–Crippen MR) is 71.9 cm³/mol. The highest BCUT2D eigenvalue weighted by Crippen LogP contribution is 2.20. The fourth-order valence-electron chi connectivity index (χ4n) is 2.10. The molecule has 6 heteroatoms. The van der Waals surface area contributed by atoms with Crippen LogP contribution in [-0.4, -0.2) is 22.5 Å². The van der Waals surface area contributed by atoms with E-state index in [1.807, 2.05) is 0 Å². The molecular formula is C13H9ClN2O3. The van der Waals surface area contributed by atoms with Crippen molar-refractivity contribution in [1.82, 2.24) is 9.38 Å². The number of fused-ring (bicyclic) bond motifs is 3. The maximum absolute atomic E-state index is 11.9. The molecule has 0 aliphatic carbocycles. The number of methoxy groups -OCH3 is 1. The van der Waals surface area contributed by atoms with E-state index < -0.39 is 5.97 Å². The summed E-state index contributed by atoms with van der Waals surface area (Å²) in [6.45, 7) is 0. The van der Waals surface area contributed by atoms with Gasteiger partial charge >= 0.3 is 5.97 Å². The third kappa shape index (κ3) is 1.70. The molecule has 3 rings (SSSR count). The van der Waals surface area contributed by atoms with Gasteiger partial charge in [-0.05, 0) is 30.3 Å². The number of H-pyrrole nitrogens is 1. The fraction of sp³-hybridized carbons (Fsp3) is 0.0769. The Bertz CT molecular complexity index is 863. The Kier molecular flexibility index (Phi) is 2.57. The summed E-state index contributed by atoms with van der Waals surface area (Å²) in [4.78, 5) is 26.1. The van der Waals surface area contributed by atoms with Gasteiger partial charge in [0.15, 0.2) is 0 Å². The Hall–Kier alpha value is -2.27. The molecule has 0 aliphatic rings. The summed E-state index contributed by atoms with van der Waals surface area (Å²) in [5, 5.41) is 0.442. The second kappa shape index (κ2) is 4.13. The Labute approximate surface area is 112 Å². The lowest BCUT2D eigenvalue weighted by molar-refractivity contribution is 0.0601. The van der Waals surface area contributed by atoms with Crippen LogP contribution in [0.15, 0.2) is 35.1 Å². The van der Waals surface area contributed by atoms with Crippen molar-refractivity contribution in [3.05, 3.63) is 51.4 Å². The van der Waals surface area contributed by atoms with Gasteiger partial charge < -0.3 is 9.72 Å². The van der Waals surface area contributed by atoms with Gasteiger partial charge in [-0.25, -0.2) is 4.79 Å². The second-order valence-electron chi connectivity index (χ2n) is 4.05. The molecule has 0 amide bonds. The van der Waals surface area contributed by atoms with Crippen molar-refractivity contribution in [1.29, 1.82) is 0 Å². The topological polar surface area (TPSA) is 63.6 Å². The zero-order chi connectivity index (χ0) is 13.6. The minimum absolute atomic E-state index is 0.263. The number of aromatic amines is 1. The van der Waals surface area contributed by atoms with Gasteiger partial charge in [0.1, 0.15) is 10.7 Å². The highest BCUT2D eigenvalue weighted by atomic mass is 35.5. The highest BCUT2D eigenvalue weighted by Gasteiger charge is 2.11. The Morgan fingerprint density at radius 2 is 2.00 bits per heavy atom. The Morgan fingerprint density at radius 3 is 2.74 bits per heavy atom. The van der Waals surface area contributed by atoms with E-state index in [1.165, 1.54) is 7.11 Å². The largest absolute Gasteiger partial charge is 0.465 e. The van der Waals surface area contributed by atoms with Gasteiger partial charge in [0, 0.05) is 0 Å². The molecule has 1 aromatic carbocycles. The quantitative estimate of drug-likeness (QED) is 0.693. The molecule has 0 bridgehead atoms. The minimum atomic E-state index is -0.457. The number of nitrogens with one attached hydrogen (secondary N) is 1.